The monoisotopic (exact) mass is 2060 g/mol. The molecule has 2 aliphatic rings. The van der Waals surface area contributed by atoms with Gasteiger partial charge in [-0.3, -0.25) is 4.79 Å². The van der Waals surface area contributed by atoms with Crippen LogP contribution in [0.5, 0.6) is 28.7 Å². The molecule has 11 rings (SSSR count). The van der Waals surface area contributed by atoms with E-state index in [1.165, 1.54) is 112 Å². The van der Waals surface area contributed by atoms with E-state index in [-0.39, 0.29) is 33.9 Å². The van der Waals surface area contributed by atoms with Gasteiger partial charge in [-0.15, -0.1) is 6.42 Å². The zero-order valence-electron chi connectivity index (χ0n) is 102. The van der Waals surface area contributed by atoms with Crippen molar-refractivity contribution in [2.45, 2.75) is 389 Å². The Morgan fingerprint density at radius 2 is 0.900 bits per heavy atom. The van der Waals surface area contributed by atoms with E-state index < -0.39 is 0 Å². The number of benzene rings is 8. The van der Waals surface area contributed by atoms with Crippen LogP contribution in [0.2, 0.25) is 0 Å². The third kappa shape index (κ3) is 68.1. The van der Waals surface area contributed by atoms with Crippen LogP contribution in [0.4, 0.5) is 4.39 Å². The normalized spacial score (nSPS) is 13.6. The number of ketones is 1. The lowest BCUT2D eigenvalue weighted by Gasteiger charge is -2.35. The summed E-state index contributed by atoms with van der Waals surface area (Å²) in [6.45, 7) is 86.2. The van der Waals surface area contributed by atoms with Crippen LogP contribution in [-0.2, 0) is 38.2 Å². The summed E-state index contributed by atoms with van der Waals surface area (Å²) in [5.74, 6) is 7.54. The molecule has 2 heterocycles. The topological polar surface area (TPSA) is 142 Å². The third-order valence-corrected chi connectivity index (χ3v) is 24.7. The number of para-hydroxylation sites is 1. The minimum atomic E-state index is -0.307. The van der Waals surface area contributed by atoms with Gasteiger partial charge in [-0.25, -0.2) is 9.07 Å². The molecule has 2 atom stereocenters. The van der Waals surface area contributed by atoms with E-state index >= 15 is 0 Å². The molecule has 1 aliphatic heterocycles. The summed E-state index contributed by atoms with van der Waals surface area (Å²) >= 11 is 0. The number of nitriles is 1. The number of hydrogen-bond donors (Lipinski definition) is 0. The third-order valence-electron chi connectivity index (χ3n) is 24.7. The molecule has 0 N–H and O–H groups in total. The highest BCUT2D eigenvalue weighted by atomic mass is 19.1. The molecule has 1 aromatic heterocycles. The highest BCUT2D eigenvalue weighted by Gasteiger charge is 2.38. The average Bonchev–Trinajstić information content (AvgIpc) is 1.65. The molecular weight excluding hydrogens is 1850 g/mol. The number of hydrogen-bond acceptors (Lipinski definition) is 12. The SMILES string of the molecule is C#Cc1ccc(OCCC(C)(C)C)cc1.C=C(OC)c1ccc(CCC(C)(C)C)cc1.CC(C)(C)CC1CCCCO1.CC(C)(C)CCCc1ccccc1.COCCCOC1(CC(C)(C)C)CCCC1.COc1ccc(OCCC(C)(C)C)cc1.Cc1ccc(C(=O)C(C)CC(C)(C)C)cc1F.Cc1ccc(OCCC(C)(C)C)cc1.Cc1ccc(OCCC(C)(C)C)cc1.Cc1nn(-c2ccccc2)c(CC(C)(C)C)c1C#N. The van der Waals surface area contributed by atoms with Gasteiger partial charge in [-0.1, -0.05) is 360 Å². The molecule has 834 valence electrons. The van der Waals surface area contributed by atoms with Crippen molar-refractivity contribution < 1.29 is 51.8 Å². The van der Waals surface area contributed by atoms with Crippen molar-refractivity contribution in [2.24, 2.45) is 60.1 Å². The van der Waals surface area contributed by atoms with Crippen LogP contribution in [0.15, 0.2) is 207 Å². The summed E-state index contributed by atoms with van der Waals surface area (Å²) in [4.78, 5) is 12.1. The van der Waals surface area contributed by atoms with E-state index in [1.54, 1.807) is 40.4 Å². The maximum Gasteiger partial charge on any atom is 0.165 e. The zero-order chi connectivity index (χ0) is 113. The number of aromatic nitrogens is 2. The number of aryl methyl sites for hydroxylation is 6. The summed E-state index contributed by atoms with van der Waals surface area (Å²) in [6, 6.07) is 67.9. The standard InChI is InChI=1S/C16H19N3.C15H21FO.C15H22O.C14H28O2.C14H18O.C13H20O2.2C13H20O.C13H20.C10H20O/c1-12-14(11-17)15(10-16(2,3)4)19(18-12)13-8-6-5-7-9-13;1-10-6-7-12(8-13(10)16)14(17)11(2)9-15(3,4)5;1-12(16-5)14-8-6-13(7-9-14)10-11-15(2,3)4;1-13(2,3)12-14(8-5-6-9-14)16-11-7-10-15-4;1-5-12-6-8-13(9-7-12)15-11-10-14(2,3)4;1-13(2,3)9-10-15-12-7-5-11(14-4)6-8-12;2*1-11-5-7-12(8-6-11)14-10-9-13(2,3)4;1-13(2,3)11-7-10-12-8-5-4-6-9-12;1-10(2,3)8-9-6-4-5-7-11-9/h5-9H,10H2,1-4H3;6-8,11H,9H2,1-5H3;6-9H,1,10-11H2,2-5H3;5-12H2,1-4H3;1,6-9H,10-11H2,2-4H3;5-8H,9-10H2,1-4H3;2*5-8H,9-10H2,1-4H3;4-6,8-9H,7,10-11H2,1-3H3;9H,4-8H2,1-3H3. The first-order valence-electron chi connectivity index (χ1n) is 55.5. The molecule has 0 amide bonds. The molecule has 8 aromatic carbocycles. The molecule has 1 saturated heterocycles. The second-order valence-electron chi connectivity index (χ2n) is 53.0. The highest BCUT2D eigenvalue weighted by molar-refractivity contribution is 5.97. The fraction of sp³-hybridized carbons (Fsp3) is 0.581. The molecular formula is C136H208FN3O10. The zero-order valence-corrected chi connectivity index (χ0v) is 102. The lowest BCUT2D eigenvalue weighted by atomic mass is 9.81. The van der Waals surface area contributed by atoms with Gasteiger partial charge in [0.1, 0.15) is 46.4 Å². The second-order valence-corrected chi connectivity index (χ2v) is 53.0. The van der Waals surface area contributed by atoms with Gasteiger partial charge in [-0.05, 0) is 312 Å². The summed E-state index contributed by atoms with van der Waals surface area (Å²) in [5, 5.41) is 13.9. The van der Waals surface area contributed by atoms with Gasteiger partial charge in [-0.2, -0.15) is 10.4 Å². The summed E-state index contributed by atoms with van der Waals surface area (Å²) < 4.78 is 64.9. The van der Waals surface area contributed by atoms with Crippen molar-refractivity contribution in [1.29, 1.82) is 5.26 Å². The first-order chi connectivity index (χ1) is 69.6. The van der Waals surface area contributed by atoms with Crippen molar-refractivity contribution in [3.63, 3.8) is 0 Å². The van der Waals surface area contributed by atoms with Crippen molar-refractivity contribution in [1.82, 2.24) is 9.78 Å². The Bertz CT molecular complexity index is 5130. The first kappa shape index (κ1) is 136. The minimum absolute atomic E-state index is 0.0267. The fourth-order valence-electron chi connectivity index (χ4n) is 16.2. The number of Topliss-reactive ketones (excluding diaryl/α,β-unsaturated/α-hetero) is 1. The quantitative estimate of drug-likeness (QED) is 0.0171. The number of terminal acetylenes is 1. The minimum Gasteiger partial charge on any atom is -0.497 e. The van der Waals surface area contributed by atoms with Crippen LogP contribution in [0.25, 0.3) is 11.4 Å². The van der Waals surface area contributed by atoms with Crippen LogP contribution in [0, 0.1) is 117 Å². The van der Waals surface area contributed by atoms with Gasteiger partial charge in [0.05, 0.1) is 75.0 Å². The van der Waals surface area contributed by atoms with Gasteiger partial charge < -0.3 is 42.6 Å². The lowest BCUT2D eigenvalue weighted by Crippen LogP contribution is -2.34. The molecule has 0 radical (unpaired) electrons. The molecule has 2 fully saturated rings. The van der Waals surface area contributed by atoms with Crippen LogP contribution < -0.4 is 23.7 Å². The summed E-state index contributed by atoms with van der Waals surface area (Å²) in [7, 11) is 5.06. The Kier molecular flexibility index (Phi) is 61.3. The van der Waals surface area contributed by atoms with Gasteiger partial charge >= 0.3 is 0 Å². The molecule has 0 spiro atoms. The van der Waals surface area contributed by atoms with Gasteiger partial charge in [0.25, 0.3) is 0 Å². The summed E-state index contributed by atoms with van der Waals surface area (Å²) in [6.07, 6.45) is 30.4. The fourth-order valence-corrected chi connectivity index (χ4v) is 16.2. The largest absolute Gasteiger partial charge is 0.497 e. The number of halogens is 1. The number of rotatable bonds is 32. The lowest BCUT2D eigenvalue weighted by molar-refractivity contribution is -0.0698. The van der Waals surface area contributed by atoms with Crippen LogP contribution in [0.1, 0.15) is 396 Å². The van der Waals surface area contributed by atoms with E-state index in [0.717, 1.165) is 160 Å². The molecule has 1 aliphatic carbocycles. The Morgan fingerprint density at radius 1 is 0.473 bits per heavy atom. The molecule has 150 heavy (non-hydrogen) atoms. The van der Waals surface area contributed by atoms with Gasteiger partial charge in [0.15, 0.2) is 5.78 Å². The van der Waals surface area contributed by atoms with E-state index in [9.17, 15) is 14.4 Å². The van der Waals surface area contributed by atoms with E-state index in [4.69, 9.17) is 49.1 Å². The maximum atomic E-state index is 13.4. The molecule has 2 unspecified atom stereocenters. The Morgan fingerprint density at radius 3 is 1.28 bits per heavy atom. The second kappa shape index (κ2) is 67.6. The Hall–Kier alpha value is -9.96. The average molecular weight is 2060 g/mol. The van der Waals surface area contributed by atoms with E-state index in [2.05, 4.69) is 324 Å². The molecule has 0 bridgehead atoms. The predicted octanol–water partition coefficient (Wildman–Crippen LogP) is 37.8. The van der Waals surface area contributed by atoms with Crippen molar-refractivity contribution >= 4 is 11.5 Å². The van der Waals surface area contributed by atoms with Crippen LogP contribution >= 0.6 is 0 Å². The van der Waals surface area contributed by atoms with Crippen molar-refractivity contribution in [3.8, 4) is 52.8 Å². The smallest absolute Gasteiger partial charge is 0.165 e. The van der Waals surface area contributed by atoms with E-state index in [0.29, 0.717) is 66.1 Å². The molecule has 14 heteroatoms. The number of nitrogens with zero attached hydrogens (tertiary/aromatic N) is 3. The first-order valence-corrected chi connectivity index (χ1v) is 55.5. The Balaban J connectivity index is 0.000000564. The summed E-state index contributed by atoms with van der Waals surface area (Å²) in [5.41, 5.74) is 15.3. The van der Waals surface area contributed by atoms with Crippen LogP contribution in [0.3, 0.4) is 0 Å². The number of carbonyl (C=O) groups is 1. The maximum absolute atomic E-state index is 13.4. The highest BCUT2D eigenvalue weighted by Crippen LogP contribution is 2.43. The number of ether oxygens (including phenoxy) is 9. The van der Waals surface area contributed by atoms with Gasteiger partial charge in [0, 0.05) is 49.5 Å². The van der Waals surface area contributed by atoms with Crippen molar-refractivity contribution in [3.05, 3.63) is 274 Å². The van der Waals surface area contributed by atoms with E-state index in [1.807, 2.05) is 122 Å². The van der Waals surface area contributed by atoms with Crippen LogP contribution in [-0.4, -0.2) is 94.8 Å². The number of carbonyl (C=O) groups excluding carboxylic acids is 1. The molecule has 13 nitrogen and oxygen atoms in total. The number of methoxy groups -OCH3 is 3. The van der Waals surface area contributed by atoms with Crippen molar-refractivity contribution in [2.75, 3.05) is 67.6 Å². The predicted molar refractivity (Wildman–Crippen MR) is 637 cm³/mol. The van der Waals surface area contributed by atoms with Gasteiger partial charge in [0.2, 0.25) is 0 Å². The molecule has 9 aromatic rings. The Labute approximate surface area is 916 Å². The molecule has 1 saturated carbocycles.